The zero-order valence-corrected chi connectivity index (χ0v) is 15.1. The molecule has 3 N–H and O–H groups in total. The van der Waals surface area contributed by atoms with Crippen molar-refractivity contribution in [1.82, 2.24) is 4.90 Å². The first-order chi connectivity index (χ1) is 12.6. The Bertz CT molecular complexity index is 888. The quantitative estimate of drug-likeness (QED) is 0.619. The summed E-state index contributed by atoms with van der Waals surface area (Å²) in [6.45, 7) is 1.40. The van der Waals surface area contributed by atoms with Crippen LogP contribution in [0.4, 0.5) is 0 Å². The molecule has 4 rings (SSSR count). The second-order valence-corrected chi connectivity index (χ2v) is 7.46. The summed E-state index contributed by atoms with van der Waals surface area (Å²) in [5.74, 6) is -0.344. The van der Waals surface area contributed by atoms with Crippen molar-refractivity contribution in [2.24, 2.45) is 5.92 Å². The van der Waals surface area contributed by atoms with Crippen LogP contribution >= 0.6 is 11.6 Å². The van der Waals surface area contributed by atoms with Crippen LogP contribution in [0.3, 0.4) is 0 Å². The maximum atomic E-state index is 10.2. The molecule has 1 aliphatic rings. The first kappa shape index (κ1) is 17.7. The van der Waals surface area contributed by atoms with Crippen LogP contribution in [0.25, 0.3) is 21.5 Å². The van der Waals surface area contributed by atoms with Crippen LogP contribution in [0.1, 0.15) is 5.56 Å². The zero-order valence-electron chi connectivity index (χ0n) is 14.3. The molecule has 0 spiro atoms. The van der Waals surface area contributed by atoms with Crippen LogP contribution in [-0.2, 0) is 6.54 Å². The molecule has 26 heavy (non-hydrogen) atoms. The molecule has 1 aliphatic heterocycles. The summed E-state index contributed by atoms with van der Waals surface area (Å²) < 4.78 is 0. The van der Waals surface area contributed by atoms with E-state index in [1.165, 1.54) is 0 Å². The number of aliphatic hydroxyl groups excluding tert-OH is 3. The zero-order chi connectivity index (χ0) is 18.3. The smallest absolute Gasteiger partial charge is 0.0929 e. The Kier molecular flexibility index (Phi) is 4.86. The van der Waals surface area contributed by atoms with Gasteiger partial charge in [0, 0.05) is 42.9 Å². The van der Waals surface area contributed by atoms with Gasteiger partial charge in [0.15, 0.2) is 0 Å². The fraction of sp³-hybridized carbons (Fsp3) is 0.333. The molecular formula is C21H22ClNO3. The minimum Gasteiger partial charge on any atom is -0.396 e. The van der Waals surface area contributed by atoms with Gasteiger partial charge >= 0.3 is 0 Å². The highest BCUT2D eigenvalue weighted by atomic mass is 35.5. The number of halogens is 1. The number of piperidine rings is 1. The normalized spacial score (nSPS) is 24.4. The number of aliphatic hydroxyl groups is 3. The van der Waals surface area contributed by atoms with E-state index < -0.39 is 12.2 Å². The van der Waals surface area contributed by atoms with Crippen molar-refractivity contribution >= 4 is 33.1 Å². The van der Waals surface area contributed by atoms with E-state index in [2.05, 4.69) is 17.0 Å². The van der Waals surface area contributed by atoms with Crippen molar-refractivity contribution in [2.45, 2.75) is 18.8 Å². The standard InChI is InChI=1S/C21H22ClNO3/c22-20-16-7-3-1-5-14(16)18(15-6-2-4-8-17(15)20)10-23-9-13(12-24)21(26)19(25)11-23/h1-8,13,19,21,24-26H,9-12H2/t13-,19-,21-/m1/s1. The summed E-state index contributed by atoms with van der Waals surface area (Å²) in [5.41, 5.74) is 1.15. The minimum atomic E-state index is -0.880. The molecule has 0 bridgehead atoms. The third kappa shape index (κ3) is 2.98. The topological polar surface area (TPSA) is 63.9 Å². The summed E-state index contributed by atoms with van der Waals surface area (Å²) in [7, 11) is 0. The molecule has 0 radical (unpaired) electrons. The van der Waals surface area contributed by atoms with Gasteiger partial charge in [0.1, 0.15) is 0 Å². The molecule has 1 saturated heterocycles. The van der Waals surface area contributed by atoms with Gasteiger partial charge in [0.05, 0.1) is 17.2 Å². The van der Waals surface area contributed by atoms with Gasteiger partial charge in [-0.25, -0.2) is 0 Å². The van der Waals surface area contributed by atoms with Gasteiger partial charge in [0.25, 0.3) is 0 Å². The summed E-state index contributed by atoms with van der Waals surface area (Å²) >= 11 is 6.66. The Labute approximate surface area is 157 Å². The van der Waals surface area contributed by atoms with Gasteiger partial charge in [0.2, 0.25) is 0 Å². The lowest BCUT2D eigenvalue weighted by atomic mass is 9.91. The van der Waals surface area contributed by atoms with Crippen LogP contribution < -0.4 is 0 Å². The van der Waals surface area contributed by atoms with Gasteiger partial charge in [-0.3, -0.25) is 4.90 Å². The summed E-state index contributed by atoms with van der Waals surface area (Å²) in [6, 6.07) is 16.2. The molecule has 136 valence electrons. The van der Waals surface area contributed by atoms with Crippen LogP contribution in [0, 0.1) is 5.92 Å². The number of hydrogen-bond donors (Lipinski definition) is 3. The van der Waals surface area contributed by atoms with Crippen molar-refractivity contribution in [3.63, 3.8) is 0 Å². The fourth-order valence-corrected chi connectivity index (χ4v) is 4.38. The Morgan fingerprint density at radius 1 is 0.885 bits per heavy atom. The Balaban J connectivity index is 1.81. The lowest BCUT2D eigenvalue weighted by Gasteiger charge is -2.39. The third-order valence-corrected chi connectivity index (χ3v) is 5.82. The average molecular weight is 372 g/mol. The van der Waals surface area contributed by atoms with Crippen LogP contribution in [0.15, 0.2) is 48.5 Å². The Morgan fingerprint density at radius 3 is 1.96 bits per heavy atom. The number of hydrogen-bond acceptors (Lipinski definition) is 4. The van der Waals surface area contributed by atoms with Gasteiger partial charge in [-0.2, -0.15) is 0 Å². The second kappa shape index (κ2) is 7.14. The lowest BCUT2D eigenvalue weighted by Crippen LogP contribution is -2.53. The lowest BCUT2D eigenvalue weighted by molar-refractivity contribution is -0.0878. The Hall–Kier alpha value is -1.69. The number of β-amino-alcohol motifs (C(OH)–C–C–N with tert-alkyl or cyclic N) is 1. The van der Waals surface area contributed by atoms with E-state index in [9.17, 15) is 15.3 Å². The molecule has 3 atom stereocenters. The molecular weight excluding hydrogens is 350 g/mol. The largest absolute Gasteiger partial charge is 0.396 e. The SMILES string of the molecule is OC[C@H]1CN(Cc2c3ccccc3c(Cl)c3ccccc23)C[C@@H](O)[C@@H]1O. The fourth-order valence-electron chi connectivity index (χ4n) is 4.06. The van der Waals surface area contributed by atoms with Gasteiger partial charge in [-0.15, -0.1) is 0 Å². The number of benzene rings is 3. The van der Waals surface area contributed by atoms with E-state index in [4.69, 9.17) is 11.6 Å². The van der Waals surface area contributed by atoms with Crippen LogP contribution in [0.2, 0.25) is 5.02 Å². The van der Waals surface area contributed by atoms with Crippen molar-refractivity contribution in [2.75, 3.05) is 19.7 Å². The predicted octanol–water partition coefficient (Wildman–Crippen LogP) is 2.79. The van der Waals surface area contributed by atoms with Gasteiger partial charge in [-0.1, -0.05) is 60.1 Å². The molecule has 0 aromatic heterocycles. The molecule has 1 fully saturated rings. The Morgan fingerprint density at radius 2 is 1.42 bits per heavy atom. The van der Waals surface area contributed by atoms with Crippen LogP contribution in [-0.4, -0.2) is 52.1 Å². The number of fused-ring (bicyclic) bond motifs is 2. The average Bonchev–Trinajstić information content (AvgIpc) is 2.67. The molecule has 3 aromatic carbocycles. The molecule has 0 unspecified atom stereocenters. The summed E-state index contributed by atoms with van der Waals surface area (Å²) in [4.78, 5) is 2.10. The highest BCUT2D eigenvalue weighted by Gasteiger charge is 2.34. The second-order valence-electron chi connectivity index (χ2n) is 7.08. The van der Waals surface area contributed by atoms with E-state index in [1.54, 1.807) is 0 Å². The van der Waals surface area contributed by atoms with Crippen molar-refractivity contribution in [3.8, 4) is 0 Å². The van der Waals surface area contributed by atoms with E-state index in [0.717, 1.165) is 32.1 Å². The highest BCUT2D eigenvalue weighted by Crippen LogP contribution is 2.37. The summed E-state index contributed by atoms with van der Waals surface area (Å²) in [6.07, 6.45) is -1.74. The summed E-state index contributed by atoms with van der Waals surface area (Å²) in [5, 5.41) is 34.7. The van der Waals surface area contributed by atoms with Crippen molar-refractivity contribution in [3.05, 3.63) is 59.1 Å². The molecule has 3 aromatic rings. The molecule has 0 amide bonds. The highest BCUT2D eigenvalue weighted by molar-refractivity contribution is 6.41. The van der Waals surface area contributed by atoms with E-state index >= 15 is 0 Å². The number of likely N-dealkylation sites (tertiary alicyclic amines) is 1. The monoisotopic (exact) mass is 371 g/mol. The minimum absolute atomic E-state index is 0.142. The first-order valence-corrected chi connectivity index (χ1v) is 9.25. The molecule has 0 saturated carbocycles. The van der Waals surface area contributed by atoms with Gasteiger partial charge < -0.3 is 15.3 Å². The molecule has 1 heterocycles. The maximum absolute atomic E-state index is 10.2. The van der Waals surface area contributed by atoms with Crippen molar-refractivity contribution in [1.29, 1.82) is 0 Å². The molecule has 0 aliphatic carbocycles. The third-order valence-electron chi connectivity index (χ3n) is 5.41. The van der Waals surface area contributed by atoms with E-state index in [0.29, 0.717) is 19.6 Å². The molecule has 4 nitrogen and oxygen atoms in total. The van der Waals surface area contributed by atoms with E-state index in [1.807, 2.05) is 36.4 Å². The van der Waals surface area contributed by atoms with E-state index in [-0.39, 0.29) is 12.5 Å². The predicted molar refractivity (Wildman–Crippen MR) is 104 cm³/mol. The maximum Gasteiger partial charge on any atom is 0.0929 e. The number of rotatable bonds is 3. The van der Waals surface area contributed by atoms with Crippen molar-refractivity contribution < 1.29 is 15.3 Å². The first-order valence-electron chi connectivity index (χ1n) is 8.87. The molecule has 5 heteroatoms. The van der Waals surface area contributed by atoms with Gasteiger partial charge in [-0.05, 0) is 16.3 Å². The number of nitrogens with zero attached hydrogens (tertiary/aromatic N) is 1. The van der Waals surface area contributed by atoms with Crippen LogP contribution in [0.5, 0.6) is 0 Å².